The fourth-order valence-corrected chi connectivity index (χ4v) is 2.51. The molecular weight excluding hydrogens is 226 g/mol. The zero-order chi connectivity index (χ0) is 13.0. The molecule has 1 saturated heterocycles. The molecule has 0 saturated carbocycles. The second kappa shape index (κ2) is 6.14. The molecule has 100 valence electrons. The Morgan fingerprint density at radius 2 is 2.22 bits per heavy atom. The van der Waals surface area contributed by atoms with Crippen LogP contribution in [0.4, 0.5) is 5.82 Å². The van der Waals surface area contributed by atoms with Crippen molar-refractivity contribution in [1.82, 2.24) is 9.97 Å². The average molecular weight is 249 g/mol. The van der Waals surface area contributed by atoms with Gasteiger partial charge in [-0.25, -0.2) is 9.97 Å². The third-order valence-electron chi connectivity index (χ3n) is 3.55. The molecule has 0 spiro atoms. The van der Waals surface area contributed by atoms with E-state index in [4.69, 9.17) is 4.74 Å². The van der Waals surface area contributed by atoms with Crippen LogP contribution in [0.2, 0.25) is 0 Å². The van der Waals surface area contributed by atoms with Crippen molar-refractivity contribution in [1.29, 1.82) is 0 Å². The van der Waals surface area contributed by atoms with Gasteiger partial charge in [0.15, 0.2) is 0 Å². The van der Waals surface area contributed by atoms with Gasteiger partial charge >= 0.3 is 0 Å². The van der Waals surface area contributed by atoms with Crippen molar-refractivity contribution >= 4 is 5.82 Å². The molecule has 1 aromatic rings. The minimum atomic E-state index is 0.408. The quantitative estimate of drug-likeness (QED) is 0.871. The maximum Gasteiger partial charge on any atom is 0.129 e. The van der Waals surface area contributed by atoms with Crippen molar-refractivity contribution in [3.63, 3.8) is 0 Å². The minimum absolute atomic E-state index is 0.408. The summed E-state index contributed by atoms with van der Waals surface area (Å²) in [5.74, 6) is 2.39. The Hall–Kier alpha value is -1.16. The van der Waals surface area contributed by atoms with Gasteiger partial charge in [-0.05, 0) is 26.2 Å². The topological polar surface area (TPSA) is 47.0 Å². The van der Waals surface area contributed by atoms with Gasteiger partial charge in [-0.1, -0.05) is 13.8 Å². The first-order valence-electron chi connectivity index (χ1n) is 6.93. The van der Waals surface area contributed by atoms with E-state index in [9.17, 15) is 0 Å². The highest BCUT2D eigenvalue weighted by Crippen LogP contribution is 2.23. The SMILES string of the molecule is CCc1cc(NCC2CCOC2CC)nc(C)n1. The summed E-state index contributed by atoms with van der Waals surface area (Å²) in [6.07, 6.45) is 3.60. The molecule has 2 atom stereocenters. The third-order valence-corrected chi connectivity index (χ3v) is 3.55. The number of hydrogen-bond acceptors (Lipinski definition) is 4. The van der Waals surface area contributed by atoms with E-state index in [1.54, 1.807) is 0 Å². The molecule has 1 fully saturated rings. The first-order valence-corrected chi connectivity index (χ1v) is 6.93. The number of nitrogens with zero attached hydrogens (tertiary/aromatic N) is 2. The van der Waals surface area contributed by atoms with Gasteiger partial charge in [-0.2, -0.15) is 0 Å². The maximum absolute atomic E-state index is 5.70. The van der Waals surface area contributed by atoms with E-state index >= 15 is 0 Å². The van der Waals surface area contributed by atoms with Crippen LogP contribution in [0.5, 0.6) is 0 Å². The van der Waals surface area contributed by atoms with E-state index in [0.717, 1.165) is 49.8 Å². The number of anilines is 1. The van der Waals surface area contributed by atoms with Gasteiger partial charge in [0.2, 0.25) is 0 Å². The molecule has 0 aliphatic carbocycles. The zero-order valence-corrected chi connectivity index (χ0v) is 11.6. The summed E-state index contributed by atoms with van der Waals surface area (Å²) in [5, 5.41) is 3.44. The van der Waals surface area contributed by atoms with Crippen LogP contribution in [0.3, 0.4) is 0 Å². The van der Waals surface area contributed by atoms with Crippen molar-refractivity contribution < 1.29 is 4.74 Å². The summed E-state index contributed by atoms with van der Waals surface area (Å²) in [7, 11) is 0. The summed E-state index contributed by atoms with van der Waals surface area (Å²) in [6, 6.07) is 2.05. The van der Waals surface area contributed by atoms with Crippen LogP contribution >= 0.6 is 0 Å². The summed E-state index contributed by atoms with van der Waals surface area (Å²) < 4.78 is 5.70. The normalized spacial score (nSPS) is 23.3. The lowest BCUT2D eigenvalue weighted by molar-refractivity contribution is 0.0900. The van der Waals surface area contributed by atoms with Crippen molar-refractivity contribution in [2.45, 2.75) is 46.1 Å². The minimum Gasteiger partial charge on any atom is -0.378 e. The fraction of sp³-hybridized carbons (Fsp3) is 0.714. The highest BCUT2D eigenvalue weighted by Gasteiger charge is 2.26. The van der Waals surface area contributed by atoms with Gasteiger partial charge in [-0.15, -0.1) is 0 Å². The van der Waals surface area contributed by atoms with Crippen molar-refractivity contribution in [2.24, 2.45) is 5.92 Å². The summed E-state index contributed by atoms with van der Waals surface area (Å²) in [4.78, 5) is 8.82. The first-order chi connectivity index (χ1) is 8.72. The molecule has 4 heteroatoms. The number of aromatic nitrogens is 2. The number of aryl methyl sites for hydroxylation is 2. The zero-order valence-electron chi connectivity index (χ0n) is 11.6. The lowest BCUT2D eigenvalue weighted by Gasteiger charge is -2.17. The Bertz CT molecular complexity index is 395. The molecule has 2 unspecified atom stereocenters. The van der Waals surface area contributed by atoms with Crippen LogP contribution in [0.15, 0.2) is 6.07 Å². The summed E-state index contributed by atoms with van der Waals surface area (Å²) in [6.45, 7) is 8.08. The fourth-order valence-electron chi connectivity index (χ4n) is 2.51. The Balaban J connectivity index is 1.95. The number of ether oxygens (including phenoxy) is 1. The van der Waals surface area contributed by atoms with Crippen molar-refractivity contribution in [2.75, 3.05) is 18.5 Å². The molecule has 0 amide bonds. The largest absolute Gasteiger partial charge is 0.378 e. The molecule has 18 heavy (non-hydrogen) atoms. The highest BCUT2D eigenvalue weighted by molar-refractivity contribution is 5.36. The van der Waals surface area contributed by atoms with Crippen molar-refractivity contribution in [3.8, 4) is 0 Å². The van der Waals surface area contributed by atoms with E-state index < -0.39 is 0 Å². The van der Waals surface area contributed by atoms with Gasteiger partial charge < -0.3 is 10.1 Å². The standard InChI is InChI=1S/C14H23N3O/c1-4-12-8-14(17-10(3)16-12)15-9-11-6-7-18-13(11)5-2/h8,11,13H,4-7,9H2,1-3H3,(H,15,16,17). The van der Waals surface area contributed by atoms with Gasteiger partial charge in [0, 0.05) is 30.8 Å². The Morgan fingerprint density at radius 3 is 2.94 bits per heavy atom. The highest BCUT2D eigenvalue weighted by atomic mass is 16.5. The lowest BCUT2D eigenvalue weighted by atomic mass is 10.00. The van der Waals surface area contributed by atoms with Gasteiger partial charge in [-0.3, -0.25) is 0 Å². The lowest BCUT2D eigenvalue weighted by Crippen LogP contribution is -2.23. The molecule has 0 radical (unpaired) electrons. The molecule has 1 aliphatic rings. The van der Waals surface area contributed by atoms with Crippen LogP contribution in [0.1, 0.15) is 38.2 Å². The van der Waals surface area contributed by atoms with Gasteiger partial charge in [0.05, 0.1) is 6.10 Å². The number of rotatable bonds is 5. The van der Waals surface area contributed by atoms with Crippen LogP contribution in [0, 0.1) is 12.8 Å². The predicted molar refractivity (Wildman–Crippen MR) is 72.8 cm³/mol. The molecule has 0 aromatic carbocycles. The smallest absolute Gasteiger partial charge is 0.129 e. The second-order valence-corrected chi connectivity index (χ2v) is 4.89. The Morgan fingerprint density at radius 1 is 1.39 bits per heavy atom. The molecule has 2 heterocycles. The Labute approximate surface area is 109 Å². The van der Waals surface area contributed by atoms with Crippen molar-refractivity contribution in [3.05, 3.63) is 17.6 Å². The van der Waals surface area contributed by atoms with E-state index in [1.165, 1.54) is 0 Å². The second-order valence-electron chi connectivity index (χ2n) is 4.89. The van der Waals surface area contributed by atoms with Gasteiger partial charge in [0.25, 0.3) is 0 Å². The molecule has 1 aliphatic heterocycles. The summed E-state index contributed by atoms with van der Waals surface area (Å²) >= 11 is 0. The summed E-state index contributed by atoms with van der Waals surface area (Å²) in [5.41, 5.74) is 1.10. The molecule has 1 N–H and O–H groups in total. The third kappa shape index (κ3) is 3.19. The van der Waals surface area contributed by atoms with Crippen LogP contribution in [-0.4, -0.2) is 29.2 Å². The monoisotopic (exact) mass is 249 g/mol. The van der Waals surface area contributed by atoms with Gasteiger partial charge in [0.1, 0.15) is 11.6 Å². The average Bonchev–Trinajstić information content (AvgIpc) is 2.83. The molecule has 4 nitrogen and oxygen atoms in total. The number of nitrogens with one attached hydrogen (secondary N) is 1. The van der Waals surface area contributed by atoms with E-state index in [-0.39, 0.29) is 0 Å². The first kappa shape index (κ1) is 13.3. The Kier molecular flexibility index (Phi) is 4.53. The van der Waals surface area contributed by atoms with Crippen LogP contribution in [0.25, 0.3) is 0 Å². The van der Waals surface area contributed by atoms with E-state index in [2.05, 4.69) is 29.1 Å². The number of hydrogen-bond donors (Lipinski definition) is 1. The molecule has 0 bridgehead atoms. The maximum atomic E-state index is 5.70. The molecule has 1 aromatic heterocycles. The van der Waals surface area contributed by atoms with E-state index in [0.29, 0.717) is 12.0 Å². The van der Waals surface area contributed by atoms with Crippen LogP contribution < -0.4 is 5.32 Å². The predicted octanol–water partition coefficient (Wildman–Crippen LogP) is 2.57. The van der Waals surface area contributed by atoms with Crippen LogP contribution in [-0.2, 0) is 11.2 Å². The molecule has 2 rings (SSSR count). The molecular formula is C14H23N3O. The van der Waals surface area contributed by atoms with E-state index in [1.807, 2.05) is 13.0 Å².